The average Bonchev–Trinajstić information content (AvgIpc) is 3.02. The second kappa shape index (κ2) is 11.1. The standard InChI is InChI=1S/C22H26O6/c23-17(15-21(25)22(26)27)8-6-11-19-16(12-13-20(19)24)7-4-5-14-28-18-9-2-1-3-10-18/h1-4,6-7,9-10,16,19,21,23,25H,5,11-15H2,(H,26,27)/b7-4+. The Hall–Kier alpha value is -2.82. The molecule has 6 nitrogen and oxygen atoms in total. The van der Waals surface area contributed by atoms with Crippen LogP contribution in [-0.4, -0.2) is 39.8 Å². The Kier molecular flexibility index (Phi) is 8.53. The van der Waals surface area contributed by atoms with Crippen molar-refractivity contribution in [3.8, 4) is 5.75 Å². The van der Waals surface area contributed by atoms with Crippen molar-refractivity contribution < 1.29 is 29.6 Å². The Bertz CT molecular complexity index is 746. The highest BCUT2D eigenvalue weighted by molar-refractivity contribution is 5.83. The zero-order valence-corrected chi connectivity index (χ0v) is 15.7. The van der Waals surface area contributed by atoms with E-state index in [1.165, 1.54) is 6.08 Å². The van der Waals surface area contributed by atoms with Gasteiger partial charge < -0.3 is 20.1 Å². The minimum absolute atomic E-state index is 0.133. The number of aliphatic hydroxyl groups is 2. The molecule has 1 aliphatic rings. The summed E-state index contributed by atoms with van der Waals surface area (Å²) in [4.78, 5) is 22.7. The molecule has 0 heterocycles. The summed E-state index contributed by atoms with van der Waals surface area (Å²) in [6.45, 7) is 0.564. The molecule has 2 rings (SSSR count). The van der Waals surface area contributed by atoms with Crippen LogP contribution in [0.4, 0.5) is 0 Å². The van der Waals surface area contributed by atoms with Crippen molar-refractivity contribution >= 4 is 11.8 Å². The van der Waals surface area contributed by atoms with E-state index >= 15 is 0 Å². The van der Waals surface area contributed by atoms with Crippen LogP contribution in [0, 0.1) is 11.8 Å². The topological polar surface area (TPSA) is 104 Å². The molecule has 3 N–H and O–H groups in total. The molecule has 0 bridgehead atoms. The van der Waals surface area contributed by atoms with E-state index < -0.39 is 18.5 Å². The number of hydrogen-bond donors (Lipinski definition) is 3. The molecule has 1 aromatic carbocycles. The minimum atomic E-state index is -1.66. The number of ether oxygens (including phenoxy) is 1. The molecule has 3 atom stereocenters. The van der Waals surface area contributed by atoms with E-state index in [0.717, 1.165) is 18.6 Å². The Morgan fingerprint density at radius 3 is 2.75 bits per heavy atom. The molecule has 1 fully saturated rings. The Morgan fingerprint density at radius 1 is 1.29 bits per heavy atom. The van der Waals surface area contributed by atoms with E-state index in [2.05, 4.69) is 11.8 Å². The van der Waals surface area contributed by atoms with Crippen LogP contribution in [0.3, 0.4) is 0 Å². The SMILES string of the molecule is O=C(O)C(O)CC(O)=C=CCC1C(=O)CCC1/C=C/CCOc1ccccc1. The number of para-hydroxylation sites is 1. The van der Waals surface area contributed by atoms with E-state index in [9.17, 15) is 19.8 Å². The summed E-state index contributed by atoms with van der Waals surface area (Å²) in [6, 6.07) is 9.58. The third-order valence-corrected chi connectivity index (χ3v) is 4.65. The zero-order valence-electron chi connectivity index (χ0n) is 15.7. The van der Waals surface area contributed by atoms with Crippen molar-refractivity contribution in [2.75, 3.05) is 6.61 Å². The Balaban J connectivity index is 1.81. The molecule has 1 aromatic rings. The van der Waals surface area contributed by atoms with Gasteiger partial charge in [-0.05, 0) is 43.4 Å². The molecular formula is C22H26O6. The van der Waals surface area contributed by atoms with Crippen LogP contribution >= 0.6 is 0 Å². The van der Waals surface area contributed by atoms with E-state index in [1.54, 1.807) is 0 Å². The molecule has 0 aromatic heterocycles. The Labute approximate surface area is 164 Å². The fraction of sp³-hybridized carbons (Fsp3) is 0.409. The van der Waals surface area contributed by atoms with Crippen LogP contribution < -0.4 is 4.74 Å². The molecule has 1 saturated carbocycles. The number of carboxylic acid groups (broad SMARTS) is 1. The van der Waals surface area contributed by atoms with E-state index in [1.807, 2.05) is 36.4 Å². The summed E-state index contributed by atoms with van der Waals surface area (Å²) >= 11 is 0. The summed E-state index contributed by atoms with van der Waals surface area (Å²) in [6.07, 6.45) is 6.03. The van der Waals surface area contributed by atoms with Crippen molar-refractivity contribution in [2.24, 2.45) is 11.8 Å². The molecule has 28 heavy (non-hydrogen) atoms. The number of carbonyl (C=O) groups is 2. The van der Waals surface area contributed by atoms with E-state index in [-0.39, 0.29) is 23.4 Å². The second-order valence-corrected chi connectivity index (χ2v) is 6.74. The van der Waals surface area contributed by atoms with Crippen molar-refractivity contribution in [3.05, 3.63) is 60.1 Å². The zero-order chi connectivity index (χ0) is 20.4. The first-order valence-corrected chi connectivity index (χ1v) is 9.38. The van der Waals surface area contributed by atoms with Crippen molar-refractivity contribution in [3.63, 3.8) is 0 Å². The van der Waals surface area contributed by atoms with Gasteiger partial charge in [0, 0.05) is 18.8 Å². The van der Waals surface area contributed by atoms with Gasteiger partial charge in [0.05, 0.1) is 6.61 Å². The van der Waals surface area contributed by atoms with Gasteiger partial charge in [0.1, 0.15) is 17.3 Å². The molecule has 150 valence electrons. The normalized spacial score (nSPS) is 20.0. The molecule has 3 unspecified atom stereocenters. The van der Waals surface area contributed by atoms with Crippen LogP contribution in [0.15, 0.2) is 60.1 Å². The van der Waals surface area contributed by atoms with Crippen LogP contribution in [-0.2, 0) is 9.59 Å². The van der Waals surface area contributed by atoms with Crippen LogP contribution in [0.25, 0.3) is 0 Å². The number of allylic oxidation sites excluding steroid dienone is 1. The smallest absolute Gasteiger partial charge is 0.333 e. The summed E-state index contributed by atoms with van der Waals surface area (Å²) in [5.41, 5.74) is 2.56. The first-order valence-electron chi connectivity index (χ1n) is 9.38. The summed E-state index contributed by atoms with van der Waals surface area (Å²) in [5.74, 6) is -0.774. The molecule has 0 aliphatic heterocycles. The van der Waals surface area contributed by atoms with Gasteiger partial charge in [0.15, 0.2) is 6.10 Å². The molecule has 6 heteroatoms. The highest BCUT2D eigenvalue weighted by Gasteiger charge is 2.31. The maximum atomic E-state index is 12.1. The van der Waals surface area contributed by atoms with Gasteiger partial charge >= 0.3 is 5.97 Å². The predicted molar refractivity (Wildman–Crippen MR) is 104 cm³/mol. The monoisotopic (exact) mass is 386 g/mol. The first-order chi connectivity index (χ1) is 13.5. The van der Waals surface area contributed by atoms with Gasteiger partial charge in [-0.15, -0.1) is 0 Å². The number of aliphatic carboxylic acids is 1. The number of aliphatic hydroxyl groups excluding tert-OH is 2. The molecule has 0 saturated heterocycles. The quantitative estimate of drug-likeness (QED) is 0.246. The number of carbonyl (C=O) groups excluding carboxylic acids is 1. The van der Waals surface area contributed by atoms with Crippen molar-refractivity contribution in [2.45, 2.75) is 38.2 Å². The number of carboxylic acids is 1. The van der Waals surface area contributed by atoms with Gasteiger partial charge in [0.2, 0.25) is 0 Å². The lowest BCUT2D eigenvalue weighted by Crippen LogP contribution is -2.19. The average molecular weight is 386 g/mol. The van der Waals surface area contributed by atoms with Crippen LogP contribution in [0.1, 0.15) is 32.1 Å². The van der Waals surface area contributed by atoms with E-state index in [4.69, 9.17) is 9.84 Å². The van der Waals surface area contributed by atoms with Gasteiger partial charge in [-0.2, -0.15) is 0 Å². The molecule has 0 spiro atoms. The fourth-order valence-corrected chi connectivity index (χ4v) is 3.14. The second-order valence-electron chi connectivity index (χ2n) is 6.74. The lowest BCUT2D eigenvalue weighted by Gasteiger charge is -2.12. The summed E-state index contributed by atoms with van der Waals surface area (Å²) in [5, 5.41) is 27.4. The highest BCUT2D eigenvalue weighted by atomic mass is 16.5. The third kappa shape index (κ3) is 7.06. The minimum Gasteiger partial charge on any atom is -0.504 e. The molecule has 0 radical (unpaired) electrons. The van der Waals surface area contributed by atoms with Gasteiger partial charge in [-0.25, -0.2) is 4.79 Å². The molecule has 0 amide bonds. The first kappa shape index (κ1) is 21.5. The maximum Gasteiger partial charge on any atom is 0.333 e. The van der Waals surface area contributed by atoms with Gasteiger partial charge in [-0.1, -0.05) is 36.1 Å². The summed E-state index contributed by atoms with van der Waals surface area (Å²) < 4.78 is 5.63. The lowest BCUT2D eigenvalue weighted by molar-refractivity contribution is -0.146. The number of rotatable bonds is 10. The number of benzene rings is 1. The number of hydrogen-bond acceptors (Lipinski definition) is 5. The largest absolute Gasteiger partial charge is 0.504 e. The van der Waals surface area contributed by atoms with Crippen LogP contribution in [0.2, 0.25) is 0 Å². The highest BCUT2D eigenvalue weighted by Crippen LogP contribution is 2.32. The van der Waals surface area contributed by atoms with Gasteiger partial charge in [0.25, 0.3) is 0 Å². The fourth-order valence-electron chi connectivity index (χ4n) is 3.14. The summed E-state index contributed by atoms with van der Waals surface area (Å²) in [7, 11) is 0. The van der Waals surface area contributed by atoms with Gasteiger partial charge in [-0.3, -0.25) is 4.79 Å². The molecular weight excluding hydrogens is 360 g/mol. The van der Waals surface area contributed by atoms with Crippen molar-refractivity contribution in [1.82, 2.24) is 0 Å². The van der Waals surface area contributed by atoms with E-state index in [0.29, 0.717) is 19.4 Å². The predicted octanol–water partition coefficient (Wildman–Crippen LogP) is 3.43. The van der Waals surface area contributed by atoms with Crippen LogP contribution in [0.5, 0.6) is 5.75 Å². The molecule has 1 aliphatic carbocycles. The number of Topliss-reactive ketones (excluding diaryl/α,β-unsaturated/α-hetero) is 1. The third-order valence-electron chi connectivity index (χ3n) is 4.65. The number of ketones is 1. The lowest BCUT2D eigenvalue weighted by atomic mass is 9.91. The van der Waals surface area contributed by atoms with Crippen molar-refractivity contribution in [1.29, 1.82) is 0 Å². The Morgan fingerprint density at radius 2 is 2.04 bits per heavy atom. The maximum absolute atomic E-state index is 12.1.